The zero-order valence-electron chi connectivity index (χ0n) is 10.4. The van der Waals surface area contributed by atoms with Crippen molar-refractivity contribution in [3.8, 4) is 0 Å². The lowest BCUT2D eigenvalue weighted by Crippen LogP contribution is -2.22. The van der Waals surface area contributed by atoms with Crippen LogP contribution in [0.1, 0.15) is 20.8 Å². The number of aromatic nitrogens is 1. The summed E-state index contributed by atoms with van der Waals surface area (Å²) in [6.07, 6.45) is 0. The molecule has 2 aromatic rings. The molecule has 0 saturated heterocycles. The summed E-state index contributed by atoms with van der Waals surface area (Å²) in [6.45, 7) is 0. The van der Waals surface area contributed by atoms with E-state index in [4.69, 9.17) is 17.2 Å². The second-order valence-electron chi connectivity index (χ2n) is 4.50. The molecule has 7 nitrogen and oxygen atoms in total. The molecule has 2 amide bonds. The number of carbonyl (C=O) groups is 2. The minimum atomic E-state index is -0.710. The van der Waals surface area contributed by atoms with Crippen molar-refractivity contribution in [3.05, 3.63) is 20.9 Å². The molecule has 3 rings (SSSR count). The molecule has 0 unspecified atom stereocenters. The number of pyridine rings is 1. The maximum Gasteiger partial charge on any atom is 0.267 e. The molecule has 0 bridgehead atoms. The fraction of sp³-hybridized carbons (Fsp3) is 0.0833. The minimum Gasteiger partial charge on any atom is -0.396 e. The Hall–Kier alpha value is -2.10. The topological polar surface area (TPSA) is 128 Å². The van der Waals surface area contributed by atoms with Gasteiger partial charge in [-0.05, 0) is 28.7 Å². The van der Waals surface area contributed by atoms with E-state index in [1.807, 2.05) is 22.6 Å². The summed E-state index contributed by atoms with van der Waals surface area (Å²) in [5.41, 5.74) is 19.4. The normalized spacial score (nSPS) is 13.3. The molecule has 102 valence electrons. The van der Waals surface area contributed by atoms with Crippen molar-refractivity contribution in [1.29, 1.82) is 0 Å². The molecule has 0 saturated carbocycles. The van der Waals surface area contributed by atoms with E-state index in [0.717, 1.165) is 0 Å². The highest BCUT2D eigenvalue weighted by atomic mass is 127. The van der Waals surface area contributed by atoms with Gasteiger partial charge in [-0.25, -0.2) is 4.98 Å². The molecule has 1 aromatic carbocycles. The molecular weight excluding hydrogens is 373 g/mol. The van der Waals surface area contributed by atoms with E-state index in [1.165, 1.54) is 11.0 Å². The van der Waals surface area contributed by atoms with E-state index in [-0.39, 0.29) is 11.6 Å². The van der Waals surface area contributed by atoms with Crippen molar-refractivity contribution in [1.82, 2.24) is 4.98 Å². The Kier molecular flexibility index (Phi) is 2.55. The lowest BCUT2D eigenvalue weighted by molar-refractivity contribution is 0.0995. The number of halogens is 1. The number of primary amides is 1. The summed E-state index contributed by atoms with van der Waals surface area (Å²) >= 11 is 1.99. The van der Waals surface area contributed by atoms with Gasteiger partial charge in [0.25, 0.3) is 11.8 Å². The van der Waals surface area contributed by atoms with Gasteiger partial charge in [0.15, 0.2) is 0 Å². The molecule has 0 fully saturated rings. The quantitative estimate of drug-likeness (QED) is 0.493. The third-order valence-electron chi connectivity index (χ3n) is 3.36. The predicted molar refractivity (Wildman–Crippen MR) is 84.5 cm³/mol. The summed E-state index contributed by atoms with van der Waals surface area (Å²) in [5.74, 6) is -0.971. The van der Waals surface area contributed by atoms with Crippen molar-refractivity contribution in [2.45, 2.75) is 0 Å². The summed E-state index contributed by atoms with van der Waals surface area (Å²) < 4.78 is 0.603. The number of hydrogen-bond donors (Lipinski definition) is 3. The molecule has 8 heteroatoms. The Balaban J connectivity index is 2.58. The third kappa shape index (κ3) is 1.42. The van der Waals surface area contributed by atoms with E-state index in [2.05, 4.69) is 4.98 Å². The van der Waals surface area contributed by atoms with Gasteiger partial charge in [0.05, 0.1) is 31.7 Å². The number of nitrogen functional groups attached to an aromatic ring is 2. The van der Waals surface area contributed by atoms with E-state index in [9.17, 15) is 9.59 Å². The van der Waals surface area contributed by atoms with Crippen molar-refractivity contribution >= 4 is 62.4 Å². The molecule has 0 radical (unpaired) electrons. The smallest absolute Gasteiger partial charge is 0.267 e. The van der Waals surface area contributed by atoms with E-state index in [0.29, 0.717) is 37.1 Å². The van der Waals surface area contributed by atoms with Crippen molar-refractivity contribution in [2.24, 2.45) is 5.73 Å². The first-order chi connectivity index (χ1) is 9.34. The van der Waals surface area contributed by atoms with Gasteiger partial charge in [-0.2, -0.15) is 0 Å². The number of nitrogens with zero attached hydrogens (tertiary/aromatic N) is 2. The maximum atomic E-state index is 12.3. The van der Waals surface area contributed by atoms with Gasteiger partial charge >= 0.3 is 0 Å². The van der Waals surface area contributed by atoms with Crippen LogP contribution in [0.3, 0.4) is 0 Å². The fourth-order valence-electron chi connectivity index (χ4n) is 2.39. The lowest BCUT2D eigenvalue weighted by atomic mass is 10.1. The summed E-state index contributed by atoms with van der Waals surface area (Å²) in [4.78, 5) is 29.2. The minimum absolute atomic E-state index is 0.00868. The third-order valence-corrected chi connectivity index (χ3v) is 4.52. The number of carbonyl (C=O) groups excluding carboxylic acids is 2. The van der Waals surface area contributed by atoms with Crippen LogP contribution in [0.4, 0.5) is 17.1 Å². The molecular formula is C12H10IN5O2. The maximum absolute atomic E-state index is 12.3. The van der Waals surface area contributed by atoms with E-state index >= 15 is 0 Å². The van der Waals surface area contributed by atoms with E-state index in [1.54, 1.807) is 7.05 Å². The second-order valence-corrected chi connectivity index (χ2v) is 5.58. The molecule has 1 aliphatic heterocycles. The highest BCUT2D eigenvalue weighted by Gasteiger charge is 2.33. The molecule has 20 heavy (non-hydrogen) atoms. The average molecular weight is 383 g/mol. The summed E-state index contributed by atoms with van der Waals surface area (Å²) in [7, 11) is 1.61. The Labute approximate surface area is 127 Å². The first-order valence-corrected chi connectivity index (χ1v) is 6.71. The van der Waals surface area contributed by atoms with Gasteiger partial charge < -0.3 is 22.1 Å². The Morgan fingerprint density at radius 3 is 2.60 bits per heavy atom. The van der Waals surface area contributed by atoms with Crippen LogP contribution < -0.4 is 22.1 Å². The Morgan fingerprint density at radius 1 is 1.35 bits per heavy atom. The van der Waals surface area contributed by atoms with Crippen LogP contribution in [0.5, 0.6) is 0 Å². The molecule has 0 aliphatic carbocycles. The zero-order chi connectivity index (χ0) is 14.8. The highest BCUT2D eigenvalue weighted by Crippen LogP contribution is 2.45. The predicted octanol–water partition coefficient (Wildman–Crippen LogP) is 0.693. The zero-order valence-corrected chi connectivity index (χ0v) is 12.6. The van der Waals surface area contributed by atoms with E-state index < -0.39 is 5.91 Å². The van der Waals surface area contributed by atoms with Gasteiger partial charge in [0.1, 0.15) is 5.69 Å². The summed E-state index contributed by atoms with van der Waals surface area (Å²) in [5, 5.41) is 0.568. The first-order valence-electron chi connectivity index (χ1n) is 5.63. The number of anilines is 3. The van der Waals surface area contributed by atoms with Gasteiger partial charge in [-0.1, -0.05) is 0 Å². The second kappa shape index (κ2) is 3.95. The Morgan fingerprint density at radius 2 is 2.00 bits per heavy atom. The molecule has 2 heterocycles. The Bertz CT molecular complexity index is 818. The molecule has 1 aromatic heterocycles. The molecule has 0 atom stereocenters. The van der Waals surface area contributed by atoms with Crippen LogP contribution in [-0.2, 0) is 0 Å². The molecule has 0 spiro atoms. The van der Waals surface area contributed by atoms with Crippen molar-refractivity contribution in [3.63, 3.8) is 0 Å². The summed E-state index contributed by atoms with van der Waals surface area (Å²) in [6, 6.07) is 1.38. The number of rotatable bonds is 1. The molecule has 6 N–H and O–H groups in total. The average Bonchev–Trinajstić information content (AvgIpc) is 2.67. The van der Waals surface area contributed by atoms with Crippen LogP contribution in [0.25, 0.3) is 10.9 Å². The largest absolute Gasteiger partial charge is 0.396 e. The highest BCUT2D eigenvalue weighted by molar-refractivity contribution is 14.1. The van der Waals surface area contributed by atoms with Crippen LogP contribution in [0, 0.1) is 3.57 Å². The van der Waals surface area contributed by atoms with Crippen LogP contribution >= 0.6 is 22.6 Å². The van der Waals surface area contributed by atoms with Gasteiger partial charge in [-0.3, -0.25) is 9.59 Å². The number of benzene rings is 1. The number of nitrogens with two attached hydrogens (primary N) is 3. The van der Waals surface area contributed by atoms with Crippen LogP contribution in [0.2, 0.25) is 0 Å². The van der Waals surface area contributed by atoms with Crippen molar-refractivity contribution < 1.29 is 9.59 Å². The molecule has 1 aliphatic rings. The van der Waals surface area contributed by atoms with Gasteiger partial charge in [-0.15, -0.1) is 0 Å². The standard InChI is InChI=1S/C12H10IN5O2/c1-18-10-5-3(12(18)20)2-4(11(16)19)17-9(5)7(14)6(13)8(10)15/h2H,14-15H2,1H3,(H2,16,19). The fourth-order valence-corrected chi connectivity index (χ4v) is 2.90. The SMILES string of the molecule is CN1C(=O)c2cc(C(N)=O)nc3c(N)c(I)c(N)c1c23. The number of amides is 2. The van der Waals surface area contributed by atoms with Crippen LogP contribution in [-0.4, -0.2) is 23.8 Å². The van der Waals surface area contributed by atoms with Crippen LogP contribution in [0.15, 0.2) is 6.07 Å². The monoisotopic (exact) mass is 383 g/mol. The number of hydrogen-bond acceptors (Lipinski definition) is 5. The van der Waals surface area contributed by atoms with Gasteiger partial charge in [0.2, 0.25) is 0 Å². The lowest BCUT2D eigenvalue weighted by Gasteiger charge is -2.15. The van der Waals surface area contributed by atoms with Gasteiger partial charge in [0, 0.05) is 12.4 Å². The first kappa shape index (κ1) is 12.9. The van der Waals surface area contributed by atoms with Crippen molar-refractivity contribution in [2.75, 3.05) is 23.4 Å².